The van der Waals surface area contributed by atoms with E-state index in [-0.39, 0.29) is 0 Å². The van der Waals surface area contributed by atoms with Crippen LogP contribution in [0.4, 0.5) is 0 Å². The van der Waals surface area contributed by atoms with E-state index in [1.165, 1.54) is 5.56 Å². The summed E-state index contributed by atoms with van der Waals surface area (Å²) in [6.45, 7) is 2.12. The van der Waals surface area contributed by atoms with Gasteiger partial charge in [0.1, 0.15) is 11.5 Å². The summed E-state index contributed by atoms with van der Waals surface area (Å²) in [7, 11) is 0. The van der Waals surface area contributed by atoms with Crippen LogP contribution in [0, 0.1) is 6.92 Å². The molecule has 4 nitrogen and oxygen atoms in total. The second-order valence-electron chi connectivity index (χ2n) is 6.11. The van der Waals surface area contributed by atoms with Gasteiger partial charge in [0.2, 0.25) is 0 Å². The highest BCUT2D eigenvalue weighted by Crippen LogP contribution is 2.30. The van der Waals surface area contributed by atoms with Crippen LogP contribution in [0.1, 0.15) is 5.56 Å². The quantitative estimate of drug-likeness (QED) is 0.474. The molecular weight excluding hydrogens is 308 g/mol. The molecule has 0 fully saturated rings. The molecule has 0 spiro atoms. The molecule has 5 aromatic rings. The van der Waals surface area contributed by atoms with Gasteiger partial charge in [-0.05, 0) is 36.8 Å². The smallest absolute Gasteiger partial charge is 0.163 e. The molecule has 0 saturated carbocycles. The van der Waals surface area contributed by atoms with Crippen LogP contribution >= 0.6 is 0 Å². The molecule has 3 heterocycles. The van der Waals surface area contributed by atoms with Crippen LogP contribution in [0.15, 0.2) is 79.1 Å². The summed E-state index contributed by atoms with van der Waals surface area (Å²) in [5.41, 5.74) is 6.42. The molecule has 0 aliphatic heterocycles. The normalized spacial score (nSPS) is 11.4. The maximum Gasteiger partial charge on any atom is 0.163 e. The minimum atomic E-state index is 0.931. The molecule has 0 amide bonds. The lowest BCUT2D eigenvalue weighted by molar-refractivity contribution is 1.11. The Labute approximate surface area is 145 Å². The standard InChI is InChI=1S/C21H16N4/c1-15-8-5-6-11-17(15)20-23-14-19-24(16-9-3-2-4-10-16)21-18(25(19)20)12-7-13-22-21/h2-14H,1H3. The molecular formula is C21H16N4. The molecule has 0 bridgehead atoms. The summed E-state index contributed by atoms with van der Waals surface area (Å²) in [5, 5.41) is 0. The van der Waals surface area contributed by atoms with E-state index in [4.69, 9.17) is 4.98 Å². The Balaban J connectivity index is 1.93. The topological polar surface area (TPSA) is 35.1 Å². The Bertz CT molecular complexity index is 1200. The molecule has 0 aliphatic rings. The Morgan fingerprint density at radius 3 is 2.44 bits per heavy atom. The number of imidazole rings is 2. The predicted octanol–water partition coefficient (Wildman–Crippen LogP) is 4.65. The maximum atomic E-state index is 4.74. The molecule has 2 aromatic carbocycles. The van der Waals surface area contributed by atoms with Crippen molar-refractivity contribution < 1.29 is 0 Å². The molecule has 0 aliphatic carbocycles. The number of benzene rings is 2. The molecule has 25 heavy (non-hydrogen) atoms. The van der Waals surface area contributed by atoms with Crippen molar-refractivity contribution in [2.24, 2.45) is 0 Å². The van der Waals surface area contributed by atoms with Crippen molar-refractivity contribution >= 4 is 16.8 Å². The van der Waals surface area contributed by atoms with Crippen molar-refractivity contribution in [2.75, 3.05) is 0 Å². The fraction of sp³-hybridized carbons (Fsp3) is 0.0476. The molecule has 120 valence electrons. The van der Waals surface area contributed by atoms with Gasteiger partial charge in [-0.3, -0.25) is 8.97 Å². The van der Waals surface area contributed by atoms with Crippen molar-refractivity contribution in [3.63, 3.8) is 0 Å². The van der Waals surface area contributed by atoms with E-state index < -0.39 is 0 Å². The van der Waals surface area contributed by atoms with Crippen molar-refractivity contribution in [2.45, 2.75) is 6.92 Å². The van der Waals surface area contributed by atoms with Gasteiger partial charge in [0, 0.05) is 17.4 Å². The summed E-state index contributed by atoms with van der Waals surface area (Å²) in [6, 6.07) is 22.7. The highest BCUT2D eigenvalue weighted by atomic mass is 15.2. The fourth-order valence-corrected chi connectivity index (χ4v) is 3.43. The zero-order valence-electron chi connectivity index (χ0n) is 13.8. The first-order valence-electron chi connectivity index (χ1n) is 8.29. The van der Waals surface area contributed by atoms with Crippen LogP contribution in [0.25, 0.3) is 33.9 Å². The lowest BCUT2D eigenvalue weighted by Gasteiger charge is -2.03. The summed E-state index contributed by atoms with van der Waals surface area (Å²) in [6.07, 6.45) is 3.76. The van der Waals surface area contributed by atoms with E-state index >= 15 is 0 Å². The predicted molar refractivity (Wildman–Crippen MR) is 100.0 cm³/mol. The second-order valence-corrected chi connectivity index (χ2v) is 6.11. The average molecular weight is 324 g/mol. The van der Waals surface area contributed by atoms with Gasteiger partial charge in [0.05, 0.1) is 11.7 Å². The molecule has 4 heteroatoms. The first-order valence-corrected chi connectivity index (χ1v) is 8.29. The summed E-state index contributed by atoms with van der Waals surface area (Å²) >= 11 is 0. The number of aromatic nitrogens is 4. The average Bonchev–Trinajstić information content (AvgIpc) is 3.21. The molecule has 0 atom stereocenters. The minimum absolute atomic E-state index is 0.931. The Hall–Kier alpha value is -3.40. The number of nitrogens with zero attached hydrogens (tertiary/aromatic N) is 4. The van der Waals surface area contributed by atoms with Crippen LogP contribution in [0.2, 0.25) is 0 Å². The monoisotopic (exact) mass is 324 g/mol. The van der Waals surface area contributed by atoms with Crippen LogP contribution in [0.3, 0.4) is 0 Å². The molecule has 0 unspecified atom stereocenters. The highest BCUT2D eigenvalue weighted by Gasteiger charge is 2.18. The SMILES string of the molecule is Cc1ccccc1-c1ncc2n(-c3ccccc3)c3ncccc3n12. The lowest BCUT2D eigenvalue weighted by atomic mass is 10.1. The molecule has 0 N–H and O–H groups in total. The molecule has 3 aromatic heterocycles. The van der Waals surface area contributed by atoms with Crippen LogP contribution in [-0.2, 0) is 0 Å². The van der Waals surface area contributed by atoms with Gasteiger partial charge in [-0.2, -0.15) is 0 Å². The van der Waals surface area contributed by atoms with E-state index in [9.17, 15) is 0 Å². The van der Waals surface area contributed by atoms with Crippen LogP contribution < -0.4 is 0 Å². The zero-order chi connectivity index (χ0) is 16.8. The number of hydrogen-bond acceptors (Lipinski definition) is 2. The van der Waals surface area contributed by atoms with Gasteiger partial charge in [-0.15, -0.1) is 0 Å². The Morgan fingerprint density at radius 1 is 0.800 bits per heavy atom. The van der Waals surface area contributed by atoms with Gasteiger partial charge in [0.15, 0.2) is 5.65 Å². The van der Waals surface area contributed by atoms with Crippen molar-refractivity contribution in [3.8, 4) is 17.1 Å². The van der Waals surface area contributed by atoms with E-state index in [1.54, 1.807) is 0 Å². The van der Waals surface area contributed by atoms with Crippen LogP contribution in [0.5, 0.6) is 0 Å². The molecule has 5 rings (SSSR count). The zero-order valence-corrected chi connectivity index (χ0v) is 13.8. The number of para-hydroxylation sites is 1. The Kier molecular flexibility index (Phi) is 2.97. The van der Waals surface area contributed by atoms with E-state index in [2.05, 4.69) is 63.3 Å². The van der Waals surface area contributed by atoms with E-state index in [0.717, 1.165) is 33.9 Å². The third kappa shape index (κ3) is 2.01. The fourth-order valence-electron chi connectivity index (χ4n) is 3.43. The number of pyridine rings is 1. The van der Waals surface area contributed by atoms with Gasteiger partial charge in [0.25, 0.3) is 0 Å². The van der Waals surface area contributed by atoms with Crippen molar-refractivity contribution in [1.82, 2.24) is 18.9 Å². The number of hydrogen-bond donors (Lipinski definition) is 0. The number of aryl methyl sites for hydroxylation is 1. The maximum absolute atomic E-state index is 4.74. The summed E-state index contributed by atoms with van der Waals surface area (Å²) in [4.78, 5) is 9.38. The minimum Gasteiger partial charge on any atom is -0.277 e. The molecule has 0 saturated heterocycles. The highest BCUT2D eigenvalue weighted by molar-refractivity contribution is 5.84. The van der Waals surface area contributed by atoms with Gasteiger partial charge in [-0.25, -0.2) is 9.97 Å². The lowest BCUT2D eigenvalue weighted by Crippen LogP contribution is -1.94. The third-order valence-corrected chi connectivity index (χ3v) is 4.59. The summed E-state index contributed by atoms with van der Waals surface area (Å²) in [5.74, 6) is 0.945. The molecule has 0 radical (unpaired) electrons. The number of rotatable bonds is 2. The second kappa shape index (κ2) is 5.31. The first-order chi connectivity index (χ1) is 12.3. The van der Waals surface area contributed by atoms with E-state index in [0.29, 0.717) is 0 Å². The van der Waals surface area contributed by atoms with E-state index in [1.807, 2.05) is 36.7 Å². The Morgan fingerprint density at radius 2 is 1.60 bits per heavy atom. The van der Waals surface area contributed by atoms with Gasteiger partial charge < -0.3 is 0 Å². The first kappa shape index (κ1) is 14.0. The largest absolute Gasteiger partial charge is 0.277 e. The van der Waals surface area contributed by atoms with Crippen molar-refractivity contribution in [1.29, 1.82) is 0 Å². The third-order valence-electron chi connectivity index (χ3n) is 4.59. The van der Waals surface area contributed by atoms with Crippen LogP contribution in [-0.4, -0.2) is 18.9 Å². The van der Waals surface area contributed by atoms with Crippen molar-refractivity contribution in [3.05, 3.63) is 84.7 Å². The number of fused-ring (bicyclic) bond motifs is 3. The summed E-state index contributed by atoms with van der Waals surface area (Å²) < 4.78 is 4.35. The van der Waals surface area contributed by atoms with Gasteiger partial charge >= 0.3 is 0 Å². The van der Waals surface area contributed by atoms with Gasteiger partial charge in [-0.1, -0.05) is 42.5 Å².